The number of likely N-dealkylation sites (tertiary alicyclic amines) is 1. The van der Waals surface area contributed by atoms with Crippen LogP contribution in [0.1, 0.15) is 20.3 Å². The second kappa shape index (κ2) is 5.82. The lowest BCUT2D eigenvalue weighted by Gasteiger charge is -2.14. The van der Waals surface area contributed by atoms with Gasteiger partial charge in [0.1, 0.15) is 0 Å². The smallest absolute Gasteiger partial charge is 0.308 e. The molecule has 1 aliphatic heterocycles. The lowest BCUT2D eigenvalue weighted by Crippen LogP contribution is -2.29. The van der Waals surface area contributed by atoms with Gasteiger partial charge in [0.2, 0.25) is 0 Å². The fourth-order valence-electron chi connectivity index (χ4n) is 2.25. The van der Waals surface area contributed by atoms with Crippen molar-refractivity contribution >= 4 is 15.8 Å². The topological polar surface area (TPSA) is 74.7 Å². The third kappa shape index (κ3) is 4.27. The van der Waals surface area contributed by atoms with Crippen LogP contribution < -0.4 is 0 Å². The molecule has 0 saturated carbocycles. The molecule has 1 N–H and O–H groups in total. The number of carboxylic acids is 1. The molecule has 5 nitrogen and oxygen atoms in total. The van der Waals surface area contributed by atoms with Crippen LogP contribution in [0.5, 0.6) is 0 Å². The van der Waals surface area contributed by atoms with Gasteiger partial charge < -0.3 is 10.0 Å². The van der Waals surface area contributed by atoms with Gasteiger partial charge in [-0.25, -0.2) is 8.42 Å². The number of hydrogen-bond acceptors (Lipinski definition) is 4. The maximum absolute atomic E-state index is 11.5. The van der Waals surface area contributed by atoms with Crippen LogP contribution >= 0.6 is 0 Å². The Labute approximate surface area is 103 Å². The number of hydrogen-bond donors (Lipinski definition) is 1. The molecule has 0 spiro atoms. The Morgan fingerprint density at radius 3 is 2.47 bits per heavy atom. The molecule has 0 aliphatic carbocycles. The van der Waals surface area contributed by atoms with Crippen molar-refractivity contribution in [1.82, 2.24) is 4.90 Å². The van der Waals surface area contributed by atoms with E-state index in [4.69, 9.17) is 5.11 Å². The van der Waals surface area contributed by atoms with Gasteiger partial charge in [-0.1, -0.05) is 13.8 Å². The van der Waals surface area contributed by atoms with Crippen LogP contribution in [-0.2, 0) is 14.6 Å². The summed E-state index contributed by atoms with van der Waals surface area (Å²) in [5.41, 5.74) is 0. The predicted octanol–water partition coefficient (Wildman–Crippen LogP) is 0.464. The molecule has 0 aromatic rings. The van der Waals surface area contributed by atoms with Crippen molar-refractivity contribution in [3.63, 3.8) is 0 Å². The van der Waals surface area contributed by atoms with Gasteiger partial charge in [-0.3, -0.25) is 4.79 Å². The highest BCUT2D eigenvalue weighted by atomic mass is 32.2. The van der Waals surface area contributed by atoms with Crippen molar-refractivity contribution < 1.29 is 18.3 Å². The first kappa shape index (κ1) is 14.4. The lowest BCUT2D eigenvalue weighted by molar-refractivity contribution is -0.142. The summed E-state index contributed by atoms with van der Waals surface area (Å²) in [6, 6.07) is 0. The SMILES string of the molecule is CCCS(=O)(=O)CCN1C[C@@H](C)[C@H](C(=O)O)C1. The van der Waals surface area contributed by atoms with E-state index in [9.17, 15) is 13.2 Å². The average Bonchev–Trinajstić information content (AvgIpc) is 2.57. The number of carboxylic acid groups (broad SMARTS) is 1. The maximum atomic E-state index is 11.5. The van der Waals surface area contributed by atoms with Gasteiger partial charge in [-0.15, -0.1) is 0 Å². The normalized spacial score (nSPS) is 26.2. The minimum absolute atomic E-state index is 0.0985. The van der Waals surface area contributed by atoms with Gasteiger partial charge in [-0.2, -0.15) is 0 Å². The first-order valence-corrected chi connectivity index (χ1v) is 7.83. The van der Waals surface area contributed by atoms with Crippen LogP contribution in [0.15, 0.2) is 0 Å². The molecule has 1 rings (SSSR count). The van der Waals surface area contributed by atoms with Crippen LogP contribution in [0.2, 0.25) is 0 Å². The van der Waals surface area contributed by atoms with Crippen LogP contribution in [0, 0.1) is 11.8 Å². The third-order valence-corrected chi connectivity index (χ3v) is 5.07. The quantitative estimate of drug-likeness (QED) is 0.753. The number of nitrogens with zero attached hydrogens (tertiary/aromatic N) is 1. The number of aliphatic carboxylic acids is 1. The molecule has 2 atom stereocenters. The summed E-state index contributed by atoms with van der Waals surface area (Å²) in [4.78, 5) is 12.9. The van der Waals surface area contributed by atoms with E-state index in [1.54, 1.807) is 0 Å². The molecule has 1 aliphatic rings. The Balaban J connectivity index is 2.43. The van der Waals surface area contributed by atoms with Crippen molar-refractivity contribution in [3.05, 3.63) is 0 Å². The average molecular weight is 263 g/mol. The molecule has 1 heterocycles. The van der Waals surface area contributed by atoms with Crippen LogP contribution in [0.25, 0.3) is 0 Å². The Bertz CT molecular complexity index is 366. The Morgan fingerprint density at radius 2 is 2.00 bits per heavy atom. The Morgan fingerprint density at radius 1 is 1.35 bits per heavy atom. The number of rotatable bonds is 6. The molecular formula is C11H21NO4S. The van der Waals surface area contributed by atoms with Crippen molar-refractivity contribution in [2.75, 3.05) is 31.1 Å². The monoisotopic (exact) mass is 263 g/mol. The molecule has 1 fully saturated rings. The summed E-state index contributed by atoms with van der Waals surface area (Å²) in [7, 11) is -2.96. The van der Waals surface area contributed by atoms with Gasteiger partial charge in [0, 0.05) is 25.4 Å². The van der Waals surface area contributed by atoms with E-state index in [0.717, 1.165) is 0 Å². The molecule has 0 aromatic heterocycles. The molecule has 6 heteroatoms. The highest BCUT2D eigenvalue weighted by Gasteiger charge is 2.34. The zero-order chi connectivity index (χ0) is 13.1. The second-order valence-corrected chi connectivity index (χ2v) is 7.14. The standard InChI is InChI=1S/C11H21NO4S/c1-3-5-17(15,16)6-4-12-7-9(2)10(8-12)11(13)14/h9-10H,3-8H2,1-2H3,(H,13,14)/t9-,10-/m1/s1. The summed E-state index contributed by atoms with van der Waals surface area (Å²) < 4.78 is 23.1. The minimum Gasteiger partial charge on any atom is -0.481 e. The van der Waals surface area contributed by atoms with Gasteiger partial charge >= 0.3 is 5.97 Å². The van der Waals surface area contributed by atoms with E-state index in [0.29, 0.717) is 26.1 Å². The van der Waals surface area contributed by atoms with Crippen molar-refractivity contribution in [2.24, 2.45) is 11.8 Å². The minimum atomic E-state index is -2.96. The summed E-state index contributed by atoms with van der Waals surface area (Å²) in [5, 5.41) is 8.97. The molecule has 0 unspecified atom stereocenters. The van der Waals surface area contributed by atoms with E-state index in [-0.39, 0.29) is 23.3 Å². The summed E-state index contributed by atoms with van der Waals surface area (Å²) in [5.74, 6) is -0.680. The largest absolute Gasteiger partial charge is 0.481 e. The fraction of sp³-hybridized carbons (Fsp3) is 0.909. The van der Waals surface area contributed by atoms with Gasteiger partial charge in [0.05, 0.1) is 11.7 Å². The molecule has 1 saturated heterocycles. The Hall–Kier alpha value is -0.620. The zero-order valence-electron chi connectivity index (χ0n) is 10.4. The highest BCUT2D eigenvalue weighted by Crippen LogP contribution is 2.22. The van der Waals surface area contributed by atoms with Crippen LogP contribution in [-0.4, -0.2) is 55.5 Å². The van der Waals surface area contributed by atoms with E-state index in [1.807, 2.05) is 18.7 Å². The highest BCUT2D eigenvalue weighted by molar-refractivity contribution is 7.91. The van der Waals surface area contributed by atoms with Crippen molar-refractivity contribution in [2.45, 2.75) is 20.3 Å². The molecule has 17 heavy (non-hydrogen) atoms. The molecule has 100 valence electrons. The fourth-order valence-corrected chi connectivity index (χ4v) is 3.61. The molecular weight excluding hydrogens is 242 g/mol. The summed E-state index contributed by atoms with van der Waals surface area (Å²) in [6.45, 7) is 5.35. The first-order valence-electron chi connectivity index (χ1n) is 6.01. The molecule has 0 bridgehead atoms. The van der Waals surface area contributed by atoms with Gasteiger partial charge in [-0.05, 0) is 12.3 Å². The van der Waals surface area contributed by atoms with Crippen LogP contribution in [0.4, 0.5) is 0 Å². The maximum Gasteiger partial charge on any atom is 0.308 e. The van der Waals surface area contributed by atoms with E-state index in [1.165, 1.54) is 0 Å². The van der Waals surface area contributed by atoms with Crippen molar-refractivity contribution in [3.8, 4) is 0 Å². The summed E-state index contributed by atoms with van der Waals surface area (Å²) >= 11 is 0. The summed E-state index contributed by atoms with van der Waals surface area (Å²) in [6.07, 6.45) is 0.635. The zero-order valence-corrected chi connectivity index (χ0v) is 11.2. The predicted molar refractivity (Wildman–Crippen MR) is 65.7 cm³/mol. The molecule has 0 radical (unpaired) electrons. The molecule has 0 amide bonds. The number of carbonyl (C=O) groups is 1. The Kier molecular flexibility index (Phi) is 4.94. The van der Waals surface area contributed by atoms with E-state index < -0.39 is 15.8 Å². The van der Waals surface area contributed by atoms with Crippen molar-refractivity contribution in [1.29, 1.82) is 0 Å². The first-order chi connectivity index (χ1) is 7.85. The van der Waals surface area contributed by atoms with Gasteiger partial charge in [0.15, 0.2) is 9.84 Å². The number of sulfone groups is 1. The lowest BCUT2D eigenvalue weighted by atomic mass is 9.99. The second-order valence-electron chi connectivity index (χ2n) is 4.83. The van der Waals surface area contributed by atoms with Crippen LogP contribution in [0.3, 0.4) is 0 Å². The van der Waals surface area contributed by atoms with E-state index in [2.05, 4.69) is 0 Å². The van der Waals surface area contributed by atoms with E-state index >= 15 is 0 Å². The third-order valence-electron chi connectivity index (χ3n) is 3.24. The van der Waals surface area contributed by atoms with Gasteiger partial charge in [0.25, 0.3) is 0 Å². The molecule has 0 aromatic carbocycles.